The second-order valence-electron chi connectivity index (χ2n) is 9.31. The zero-order valence-electron chi connectivity index (χ0n) is 19.6. The Bertz CT molecular complexity index is 617. The van der Waals surface area contributed by atoms with Gasteiger partial charge in [-0.25, -0.2) is 0 Å². The van der Waals surface area contributed by atoms with Gasteiger partial charge in [0.15, 0.2) is 0 Å². The molecule has 1 N–H and O–H groups in total. The van der Waals surface area contributed by atoms with Crippen molar-refractivity contribution in [3.63, 3.8) is 0 Å². The van der Waals surface area contributed by atoms with Crippen molar-refractivity contribution in [2.45, 2.75) is 98.4 Å². The van der Waals surface area contributed by atoms with Crippen LogP contribution in [0.4, 0.5) is 0 Å². The van der Waals surface area contributed by atoms with E-state index in [1.54, 1.807) is 0 Å². The average molecular weight is 395 g/mol. The van der Waals surface area contributed by atoms with Crippen molar-refractivity contribution in [3.05, 3.63) is 28.8 Å². The van der Waals surface area contributed by atoms with E-state index in [0.717, 1.165) is 24.0 Å². The van der Waals surface area contributed by atoms with Crippen LogP contribution in [0.15, 0.2) is 12.1 Å². The molecule has 1 aromatic carbocycles. The zero-order chi connectivity index (χ0) is 21.6. The van der Waals surface area contributed by atoms with Gasteiger partial charge in [0.2, 0.25) is 0 Å². The predicted octanol–water partition coefficient (Wildman–Crippen LogP) is 5.47. The van der Waals surface area contributed by atoms with Crippen molar-refractivity contribution in [3.8, 4) is 5.75 Å². The number of hydrogen-bond acceptors (Lipinski definition) is 4. The molecule has 0 fully saturated rings. The monoisotopic (exact) mass is 394 g/mol. The molecule has 0 heterocycles. The Morgan fingerprint density at radius 1 is 0.643 bits per heavy atom. The highest BCUT2D eigenvalue weighted by molar-refractivity contribution is 5.46. The molecule has 4 heteroatoms. The lowest BCUT2D eigenvalue weighted by molar-refractivity contribution is -0.0163. The van der Waals surface area contributed by atoms with Gasteiger partial charge in [0.25, 0.3) is 0 Å². The van der Waals surface area contributed by atoms with Gasteiger partial charge in [-0.05, 0) is 79.5 Å². The summed E-state index contributed by atoms with van der Waals surface area (Å²) in [4.78, 5) is 0. The van der Waals surface area contributed by atoms with E-state index >= 15 is 0 Å². The first-order valence-corrected chi connectivity index (χ1v) is 10.6. The molecule has 0 aliphatic rings. The standard InChI is InChI=1S/C24H42O4/c1-10-26-22(4,5)15-18-13-14-21(25)20(17-24(8,9)28-12-3)19(18)16-23(6,7)27-11-2/h13-14,25H,10-12,15-17H2,1-9H3. The van der Waals surface area contributed by atoms with Gasteiger partial charge in [-0.3, -0.25) is 0 Å². The van der Waals surface area contributed by atoms with Gasteiger partial charge in [0.1, 0.15) is 5.75 Å². The third-order valence-corrected chi connectivity index (χ3v) is 4.93. The number of phenols is 1. The smallest absolute Gasteiger partial charge is 0.119 e. The number of aromatic hydroxyl groups is 1. The number of rotatable bonds is 12. The first-order chi connectivity index (χ1) is 12.9. The summed E-state index contributed by atoms with van der Waals surface area (Å²) in [6, 6.07) is 3.84. The Morgan fingerprint density at radius 2 is 1.04 bits per heavy atom. The molecule has 0 atom stereocenters. The number of benzene rings is 1. The number of ether oxygens (including phenoxy) is 3. The molecule has 0 bridgehead atoms. The van der Waals surface area contributed by atoms with E-state index in [4.69, 9.17) is 14.2 Å². The largest absolute Gasteiger partial charge is 0.508 e. The summed E-state index contributed by atoms with van der Waals surface area (Å²) in [5, 5.41) is 10.7. The van der Waals surface area contributed by atoms with Crippen LogP contribution in [0.2, 0.25) is 0 Å². The minimum Gasteiger partial charge on any atom is -0.508 e. The molecule has 4 nitrogen and oxygen atoms in total. The summed E-state index contributed by atoms with van der Waals surface area (Å²) >= 11 is 0. The molecular weight excluding hydrogens is 352 g/mol. The maximum absolute atomic E-state index is 10.7. The van der Waals surface area contributed by atoms with Crippen LogP contribution < -0.4 is 0 Å². The average Bonchev–Trinajstić information content (AvgIpc) is 2.53. The van der Waals surface area contributed by atoms with Crippen LogP contribution >= 0.6 is 0 Å². The summed E-state index contributed by atoms with van der Waals surface area (Å²) in [6.07, 6.45) is 2.15. The van der Waals surface area contributed by atoms with Crippen LogP contribution in [-0.4, -0.2) is 41.7 Å². The van der Waals surface area contributed by atoms with E-state index in [2.05, 4.69) is 41.5 Å². The lowest BCUT2D eigenvalue weighted by atomic mass is 9.83. The van der Waals surface area contributed by atoms with E-state index in [1.807, 2.05) is 32.9 Å². The van der Waals surface area contributed by atoms with Crippen LogP contribution in [-0.2, 0) is 33.5 Å². The summed E-state index contributed by atoms with van der Waals surface area (Å²) in [6.45, 7) is 20.6. The highest BCUT2D eigenvalue weighted by Crippen LogP contribution is 2.34. The van der Waals surface area contributed by atoms with Crippen molar-refractivity contribution in [1.82, 2.24) is 0 Å². The Labute approximate surface area is 172 Å². The van der Waals surface area contributed by atoms with Crippen LogP contribution in [0.3, 0.4) is 0 Å². The highest BCUT2D eigenvalue weighted by atomic mass is 16.5. The molecule has 0 unspecified atom stereocenters. The van der Waals surface area contributed by atoms with Gasteiger partial charge in [0.05, 0.1) is 16.8 Å². The van der Waals surface area contributed by atoms with E-state index in [9.17, 15) is 5.11 Å². The fourth-order valence-electron chi connectivity index (χ4n) is 3.95. The predicted molar refractivity (Wildman–Crippen MR) is 116 cm³/mol. The van der Waals surface area contributed by atoms with E-state index in [0.29, 0.717) is 32.0 Å². The number of phenolic OH excluding ortho intramolecular Hbond substituents is 1. The minimum absolute atomic E-state index is 0.275. The normalized spacial score (nSPS) is 13.2. The van der Waals surface area contributed by atoms with Crippen molar-refractivity contribution < 1.29 is 19.3 Å². The van der Waals surface area contributed by atoms with Crippen molar-refractivity contribution in [1.29, 1.82) is 0 Å². The van der Waals surface area contributed by atoms with Crippen LogP contribution in [0.25, 0.3) is 0 Å². The van der Waals surface area contributed by atoms with E-state index in [1.165, 1.54) is 5.56 Å². The molecule has 28 heavy (non-hydrogen) atoms. The zero-order valence-corrected chi connectivity index (χ0v) is 19.6. The SMILES string of the molecule is CCOC(C)(C)Cc1ccc(O)c(CC(C)(C)OCC)c1CC(C)(C)OCC. The Morgan fingerprint density at radius 3 is 1.46 bits per heavy atom. The molecule has 0 radical (unpaired) electrons. The lowest BCUT2D eigenvalue weighted by Crippen LogP contribution is -2.33. The third kappa shape index (κ3) is 7.73. The van der Waals surface area contributed by atoms with Gasteiger partial charge >= 0.3 is 0 Å². The minimum atomic E-state index is -0.356. The van der Waals surface area contributed by atoms with E-state index in [-0.39, 0.29) is 16.8 Å². The van der Waals surface area contributed by atoms with Crippen molar-refractivity contribution in [2.24, 2.45) is 0 Å². The van der Waals surface area contributed by atoms with Crippen molar-refractivity contribution in [2.75, 3.05) is 19.8 Å². The fraction of sp³-hybridized carbons (Fsp3) is 0.750. The summed E-state index contributed by atoms with van der Waals surface area (Å²) in [5.41, 5.74) is 2.35. The molecule has 1 aromatic rings. The topological polar surface area (TPSA) is 47.9 Å². The molecular formula is C24H42O4. The summed E-state index contributed by atoms with van der Waals surface area (Å²) < 4.78 is 17.9. The Kier molecular flexibility index (Phi) is 8.98. The Balaban J connectivity index is 3.44. The first-order valence-electron chi connectivity index (χ1n) is 10.6. The summed E-state index contributed by atoms with van der Waals surface area (Å²) in [7, 11) is 0. The Hall–Kier alpha value is -1.10. The van der Waals surface area contributed by atoms with Crippen LogP contribution in [0.1, 0.15) is 79.0 Å². The molecule has 1 rings (SSSR count). The van der Waals surface area contributed by atoms with Crippen LogP contribution in [0, 0.1) is 0 Å². The molecule has 0 saturated heterocycles. The molecule has 0 aliphatic heterocycles. The van der Waals surface area contributed by atoms with Gasteiger partial charge in [0, 0.05) is 44.6 Å². The third-order valence-electron chi connectivity index (χ3n) is 4.93. The molecule has 0 aliphatic carbocycles. The quantitative estimate of drug-likeness (QED) is 0.511. The van der Waals surface area contributed by atoms with Gasteiger partial charge < -0.3 is 19.3 Å². The van der Waals surface area contributed by atoms with Gasteiger partial charge in [-0.2, -0.15) is 0 Å². The molecule has 162 valence electrons. The number of hydrogen-bond donors (Lipinski definition) is 1. The van der Waals surface area contributed by atoms with Gasteiger partial charge in [-0.15, -0.1) is 0 Å². The van der Waals surface area contributed by atoms with E-state index < -0.39 is 0 Å². The van der Waals surface area contributed by atoms with Crippen molar-refractivity contribution >= 4 is 0 Å². The molecule has 0 spiro atoms. The summed E-state index contributed by atoms with van der Waals surface area (Å²) in [5.74, 6) is 0.327. The lowest BCUT2D eigenvalue weighted by Gasteiger charge is -2.32. The maximum Gasteiger partial charge on any atom is 0.119 e. The molecule has 0 amide bonds. The fourth-order valence-corrected chi connectivity index (χ4v) is 3.95. The molecule has 0 aromatic heterocycles. The highest BCUT2D eigenvalue weighted by Gasteiger charge is 2.29. The maximum atomic E-state index is 10.7. The second kappa shape index (κ2) is 10.1. The second-order valence-corrected chi connectivity index (χ2v) is 9.31. The first kappa shape index (κ1) is 24.9. The van der Waals surface area contributed by atoms with Crippen LogP contribution in [0.5, 0.6) is 5.75 Å². The van der Waals surface area contributed by atoms with Gasteiger partial charge in [-0.1, -0.05) is 6.07 Å². The molecule has 0 saturated carbocycles.